The van der Waals surface area contributed by atoms with Crippen molar-refractivity contribution >= 4 is 12.0 Å². The maximum Gasteiger partial charge on any atom is 0.270 e. The molecule has 0 aliphatic carbocycles. The average molecular weight is 242 g/mol. The molecule has 92 valence electrons. The van der Waals surface area contributed by atoms with Crippen molar-refractivity contribution in [2.24, 2.45) is 4.99 Å². The Balaban J connectivity index is 2.11. The van der Waals surface area contributed by atoms with Crippen LogP contribution in [0.1, 0.15) is 12.5 Å². The molecule has 0 saturated carbocycles. The van der Waals surface area contributed by atoms with Gasteiger partial charge in [-0.1, -0.05) is 17.9 Å². The van der Waals surface area contributed by atoms with Crippen molar-refractivity contribution in [1.29, 1.82) is 0 Å². The summed E-state index contributed by atoms with van der Waals surface area (Å²) in [5, 5.41) is 13.5. The lowest BCUT2D eigenvalue weighted by Crippen LogP contribution is -2.25. The van der Waals surface area contributed by atoms with E-state index in [1.165, 1.54) is 6.08 Å². The number of aliphatic hydroxyl groups is 1. The molecule has 18 heavy (non-hydrogen) atoms. The van der Waals surface area contributed by atoms with Gasteiger partial charge in [-0.15, -0.1) is 0 Å². The number of benzene rings is 1. The highest BCUT2D eigenvalue weighted by atomic mass is 16.3. The van der Waals surface area contributed by atoms with Crippen molar-refractivity contribution in [3.8, 4) is 11.8 Å². The topological polar surface area (TPSA) is 61.7 Å². The van der Waals surface area contributed by atoms with Crippen LogP contribution in [-0.4, -0.2) is 30.2 Å². The molecule has 1 aliphatic rings. The first-order valence-electron chi connectivity index (χ1n) is 5.78. The maximum absolute atomic E-state index is 11.2. The Kier molecular flexibility index (Phi) is 3.88. The van der Waals surface area contributed by atoms with Gasteiger partial charge in [-0.05, 0) is 19.1 Å². The van der Waals surface area contributed by atoms with Crippen LogP contribution in [0.25, 0.3) is 6.08 Å². The van der Waals surface area contributed by atoms with E-state index >= 15 is 0 Å². The molecule has 0 aromatic heterocycles. The number of fused-ring (bicyclic) bond motifs is 1. The van der Waals surface area contributed by atoms with E-state index in [4.69, 9.17) is 5.11 Å². The van der Waals surface area contributed by atoms with Crippen molar-refractivity contribution in [2.45, 2.75) is 13.0 Å². The van der Waals surface area contributed by atoms with E-state index in [2.05, 4.69) is 22.2 Å². The zero-order chi connectivity index (χ0) is 13.0. The molecule has 1 unspecified atom stereocenters. The van der Waals surface area contributed by atoms with E-state index in [9.17, 15) is 4.79 Å². The number of carbonyl (C=O) groups excluding carboxylic acids is 1. The normalized spacial score (nSPS) is 14.0. The zero-order valence-corrected chi connectivity index (χ0v) is 10.1. The van der Waals surface area contributed by atoms with Gasteiger partial charge in [0.25, 0.3) is 5.91 Å². The van der Waals surface area contributed by atoms with Gasteiger partial charge in [0.05, 0.1) is 18.0 Å². The molecule has 0 bridgehead atoms. The fourth-order valence-electron chi connectivity index (χ4n) is 1.67. The molecule has 1 aliphatic heterocycles. The van der Waals surface area contributed by atoms with E-state index in [1.807, 2.05) is 12.1 Å². The molecule has 1 atom stereocenters. The van der Waals surface area contributed by atoms with Gasteiger partial charge in [0, 0.05) is 23.4 Å². The largest absolute Gasteiger partial charge is 0.392 e. The predicted molar refractivity (Wildman–Crippen MR) is 68.1 cm³/mol. The van der Waals surface area contributed by atoms with E-state index < -0.39 is 0 Å². The van der Waals surface area contributed by atoms with Gasteiger partial charge in [-0.2, -0.15) is 0 Å². The molecule has 2 rings (SSSR count). The van der Waals surface area contributed by atoms with Crippen LogP contribution < -0.4 is 15.9 Å². The number of aliphatic hydroxyl groups excluding tert-OH is 1. The number of amides is 1. The summed E-state index contributed by atoms with van der Waals surface area (Å²) in [6.07, 6.45) is 1.13. The molecule has 4 heteroatoms. The molecule has 1 heterocycles. The lowest BCUT2D eigenvalue weighted by Gasteiger charge is -2.01. The Bertz CT molecular complexity index is 636. The van der Waals surface area contributed by atoms with Crippen molar-refractivity contribution < 1.29 is 9.90 Å². The van der Waals surface area contributed by atoms with Crippen molar-refractivity contribution in [3.05, 3.63) is 34.3 Å². The van der Waals surface area contributed by atoms with E-state index in [-0.39, 0.29) is 12.0 Å². The number of nitrogens with one attached hydrogen (secondary N) is 1. The molecule has 0 saturated heterocycles. The quantitative estimate of drug-likeness (QED) is 0.525. The van der Waals surface area contributed by atoms with Crippen LogP contribution in [-0.2, 0) is 4.79 Å². The highest BCUT2D eigenvalue weighted by Gasteiger charge is 2.04. The van der Waals surface area contributed by atoms with Gasteiger partial charge >= 0.3 is 0 Å². The fraction of sp³-hybridized carbons (Fsp3) is 0.286. The molecule has 4 nitrogen and oxygen atoms in total. The van der Waals surface area contributed by atoms with E-state index in [0.717, 1.165) is 10.8 Å². The molecule has 0 radical (unpaired) electrons. The predicted octanol–water partition coefficient (Wildman–Crippen LogP) is -1.05. The molecule has 1 aromatic rings. The van der Waals surface area contributed by atoms with Crippen LogP contribution in [0.5, 0.6) is 0 Å². The lowest BCUT2D eigenvalue weighted by molar-refractivity contribution is -0.112. The van der Waals surface area contributed by atoms with Crippen molar-refractivity contribution in [3.63, 3.8) is 0 Å². The maximum atomic E-state index is 11.2. The third kappa shape index (κ3) is 3.04. The summed E-state index contributed by atoms with van der Waals surface area (Å²) < 4.78 is 0. The van der Waals surface area contributed by atoms with Gasteiger partial charge in [-0.3, -0.25) is 4.79 Å². The summed E-state index contributed by atoms with van der Waals surface area (Å²) >= 11 is 0. The fourth-order valence-corrected chi connectivity index (χ4v) is 1.67. The second kappa shape index (κ2) is 5.58. The number of hydrogen-bond acceptors (Lipinski definition) is 3. The smallest absolute Gasteiger partial charge is 0.270 e. The SMILES string of the molecule is CC(O)CNCC#Cc1cccc2c1=CC(=O)N=2. The second-order valence-electron chi connectivity index (χ2n) is 4.11. The number of carbonyl (C=O) groups is 1. The van der Waals surface area contributed by atoms with Gasteiger partial charge in [0.15, 0.2) is 0 Å². The Morgan fingerprint density at radius 2 is 2.33 bits per heavy atom. The minimum Gasteiger partial charge on any atom is -0.392 e. The number of rotatable bonds is 3. The van der Waals surface area contributed by atoms with Crippen LogP contribution in [0.4, 0.5) is 0 Å². The minimum atomic E-state index is -0.377. The third-order valence-corrected chi connectivity index (χ3v) is 2.46. The Labute approximate surface area is 105 Å². The average Bonchev–Trinajstić information content (AvgIpc) is 2.69. The molecular formula is C14H14N2O2. The molecule has 0 fully saturated rings. The minimum absolute atomic E-state index is 0.230. The van der Waals surface area contributed by atoms with Crippen molar-refractivity contribution in [1.82, 2.24) is 5.32 Å². The molecule has 2 N–H and O–H groups in total. The summed E-state index contributed by atoms with van der Waals surface area (Å²) in [6.45, 7) is 2.73. The summed E-state index contributed by atoms with van der Waals surface area (Å²) in [4.78, 5) is 15.1. The molecule has 1 aromatic carbocycles. The summed E-state index contributed by atoms with van der Waals surface area (Å²) in [5.74, 6) is 5.73. The summed E-state index contributed by atoms with van der Waals surface area (Å²) in [6, 6.07) is 5.50. The van der Waals surface area contributed by atoms with E-state index in [1.54, 1.807) is 13.0 Å². The van der Waals surface area contributed by atoms with Gasteiger partial charge in [0.1, 0.15) is 0 Å². The van der Waals surface area contributed by atoms with Crippen LogP contribution in [0, 0.1) is 11.8 Å². The Morgan fingerprint density at radius 1 is 1.50 bits per heavy atom. The standard InChI is InChI=1S/C14H14N2O2/c1-10(17)9-15-7-3-5-11-4-2-6-13-12(11)8-14(18)16-13/h2,4,6,8,10,15,17H,7,9H2,1H3. The molecule has 0 spiro atoms. The van der Waals surface area contributed by atoms with Crippen LogP contribution in [0.15, 0.2) is 23.2 Å². The van der Waals surface area contributed by atoms with Gasteiger partial charge in [-0.25, -0.2) is 4.99 Å². The monoisotopic (exact) mass is 242 g/mol. The van der Waals surface area contributed by atoms with Gasteiger partial charge < -0.3 is 10.4 Å². The number of nitrogens with zero attached hydrogens (tertiary/aromatic N) is 1. The van der Waals surface area contributed by atoms with Gasteiger partial charge in [0.2, 0.25) is 0 Å². The second-order valence-corrected chi connectivity index (χ2v) is 4.11. The molecular weight excluding hydrogens is 228 g/mol. The van der Waals surface area contributed by atoms with Crippen LogP contribution in [0.3, 0.4) is 0 Å². The van der Waals surface area contributed by atoms with E-state index in [0.29, 0.717) is 18.4 Å². The molecule has 1 amide bonds. The van der Waals surface area contributed by atoms with Crippen LogP contribution in [0.2, 0.25) is 0 Å². The third-order valence-electron chi connectivity index (χ3n) is 2.46. The zero-order valence-electron chi connectivity index (χ0n) is 10.1. The number of hydrogen-bond donors (Lipinski definition) is 2. The Hall–Kier alpha value is -1.96. The summed E-state index contributed by atoms with van der Waals surface area (Å²) in [7, 11) is 0. The lowest BCUT2D eigenvalue weighted by atomic mass is 10.1. The highest BCUT2D eigenvalue weighted by Crippen LogP contribution is 1.90. The van der Waals surface area contributed by atoms with Crippen molar-refractivity contribution in [2.75, 3.05) is 13.1 Å². The highest BCUT2D eigenvalue weighted by molar-refractivity contribution is 6.06. The first-order valence-corrected chi connectivity index (χ1v) is 5.78. The first kappa shape index (κ1) is 12.5. The summed E-state index contributed by atoms with van der Waals surface area (Å²) in [5.41, 5.74) is 0.806. The van der Waals surface area contributed by atoms with Crippen LogP contribution >= 0.6 is 0 Å². The first-order chi connectivity index (χ1) is 8.66. The Morgan fingerprint density at radius 3 is 3.11 bits per heavy atom.